The highest BCUT2D eigenvalue weighted by atomic mass is 16.2. The normalized spacial score (nSPS) is 17.9. The van der Waals surface area contributed by atoms with Crippen molar-refractivity contribution in [3.8, 4) is 0 Å². The van der Waals surface area contributed by atoms with Gasteiger partial charge in [-0.3, -0.25) is 9.89 Å². The Bertz CT molecular complexity index is 697. The molecule has 0 radical (unpaired) electrons. The third-order valence-electron chi connectivity index (χ3n) is 5.21. The summed E-state index contributed by atoms with van der Waals surface area (Å²) in [6.07, 6.45) is 5.89. The number of hydrogen-bond acceptors (Lipinski definition) is 3. The Morgan fingerprint density at radius 3 is 2.88 bits per heavy atom. The van der Waals surface area contributed by atoms with Crippen LogP contribution in [0.5, 0.6) is 0 Å². The number of nitrogens with one attached hydrogen (secondary N) is 1. The molecule has 0 bridgehead atoms. The van der Waals surface area contributed by atoms with E-state index < -0.39 is 0 Å². The lowest BCUT2D eigenvalue weighted by Crippen LogP contribution is -2.39. The molecular formula is C21H30N4O. The summed E-state index contributed by atoms with van der Waals surface area (Å²) in [5.41, 5.74) is 3.66. The van der Waals surface area contributed by atoms with E-state index in [1.807, 2.05) is 29.3 Å². The maximum atomic E-state index is 12.4. The molecule has 1 atom stereocenters. The molecule has 5 nitrogen and oxygen atoms in total. The molecule has 0 aliphatic carbocycles. The number of unbranched alkanes of at least 4 members (excludes halogenated alkanes) is 1. The van der Waals surface area contributed by atoms with Crippen molar-refractivity contribution in [3.63, 3.8) is 0 Å². The molecule has 1 fully saturated rings. The van der Waals surface area contributed by atoms with Crippen molar-refractivity contribution in [2.75, 3.05) is 20.1 Å². The number of likely N-dealkylation sites (tertiary alicyclic amines) is 1. The van der Waals surface area contributed by atoms with E-state index in [-0.39, 0.29) is 5.91 Å². The Balaban J connectivity index is 1.66. The van der Waals surface area contributed by atoms with Crippen molar-refractivity contribution in [3.05, 3.63) is 53.3 Å². The molecule has 1 unspecified atom stereocenters. The number of benzene rings is 1. The number of rotatable bonds is 8. The highest BCUT2D eigenvalue weighted by Gasteiger charge is 2.29. The van der Waals surface area contributed by atoms with Crippen molar-refractivity contribution < 1.29 is 4.79 Å². The van der Waals surface area contributed by atoms with Gasteiger partial charge in [0.2, 0.25) is 5.91 Å². The number of carbonyl (C=O) groups is 1. The zero-order chi connectivity index (χ0) is 18.4. The fourth-order valence-electron chi connectivity index (χ4n) is 3.71. The summed E-state index contributed by atoms with van der Waals surface area (Å²) >= 11 is 0. The van der Waals surface area contributed by atoms with Gasteiger partial charge in [0.25, 0.3) is 0 Å². The first kappa shape index (κ1) is 18.6. The molecule has 1 N–H and O–H groups in total. The van der Waals surface area contributed by atoms with E-state index in [0.717, 1.165) is 26.1 Å². The number of aromatic nitrogens is 2. The molecule has 1 amide bonds. The first-order valence-corrected chi connectivity index (χ1v) is 9.69. The monoisotopic (exact) mass is 354 g/mol. The Morgan fingerprint density at radius 1 is 1.31 bits per heavy atom. The van der Waals surface area contributed by atoms with Gasteiger partial charge in [0.15, 0.2) is 0 Å². The van der Waals surface area contributed by atoms with Gasteiger partial charge in [0, 0.05) is 43.2 Å². The number of carbonyl (C=O) groups excluding carboxylic acids is 1. The average Bonchev–Trinajstić information content (AvgIpc) is 3.11. The van der Waals surface area contributed by atoms with Crippen molar-refractivity contribution >= 4 is 5.91 Å². The molecule has 2 aromatic rings. The smallest absolute Gasteiger partial charge is 0.222 e. The molecule has 1 aliphatic rings. The first-order valence-electron chi connectivity index (χ1n) is 9.69. The lowest BCUT2D eigenvalue weighted by molar-refractivity contribution is -0.134. The number of nitrogens with zero attached hydrogens (tertiary/aromatic N) is 3. The third kappa shape index (κ3) is 4.73. The zero-order valence-corrected chi connectivity index (χ0v) is 15.9. The summed E-state index contributed by atoms with van der Waals surface area (Å²) in [5.74, 6) is 0.597. The van der Waals surface area contributed by atoms with E-state index >= 15 is 0 Å². The standard InChI is InChI=1S/C21H30N4O/c1-3-4-12-24(2)15-19-13-22-23-21(19)18-10-11-20(26)25(16-18)14-17-8-6-5-7-9-17/h5-9,13,18H,3-4,10-12,14-16H2,1-2H3,(H,22,23). The van der Waals surface area contributed by atoms with E-state index in [1.165, 1.54) is 29.7 Å². The molecule has 1 aliphatic heterocycles. The largest absolute Gasteiger partial charge is 0.338 e. The van der Waals surface area contributed by atoms with Crippen LogP contribution in [0.2, 0.25) is 0 Å². The molecule has 1 aromatic carbocycles. The zero-order valence-electron chi connectivity index (χ0n) is 15.9. The highest BCUT2D eigenvalue weighted by Crippen LogP contribution is 2.29. The second kappa shape index (κ2) is 8.99. The first-order chi connectivity index (χ1) is 12.7. The van der Waals surface area contributed by atoms with Gasteiger partial charge in [0.1, 0.15) is 0 Å². The van der Waals surface area contributed by atoms with Crippen molar-refractivity contribution in [2.24, 2.45) is 0 Å². The quantitative estimate of drug-likeness (QED) is 0.789. The fraction of sp³-hybridized carbons (Fsp3) is 0.524. The topological polar surface area (TPSA) is 52.2 Å². The molecule has 3 rings (SSSR count). The fourth-order valence-corrected chi connectivity index (χ4v) is 3.71. The minimum atomic E-state index is 0.256. The third-order valence-corrected chi connectivity index (χ3v) is 5.21. The van der Waals surface area contributed by atoms with Crippen LogP contribution < -0.4 is 0 Å². The van der Waals surface area contributed by atoms with E-state index in [9.17, 15) is 4.79 Å². The van der Waals surface area contributed by atoms with E-state index in [0.29, 0.717) is 18.9 Å². The maximum Gasteiger partial charge on any atom is 0.222 e. The molecule has 26 heavy (non-hydrogen) atoms. The van der Waals surface area contributed by atoms with Gasteiger partial charge < -0.3 is 9.80 Å². The van der Waals surface area contributed by atoms with E-state index in [4.69, 9.17) is 0 Å². The molecule has 5 heteroatoms. The molecule has 1 aromatic heterocycles. The van der Waals surface area contributed by atoms with Crippen LogP contribution in [-0.4, -0.2) is 46.0 Å². The van der Waals surface area contributed by atoms with E-state index in [1.54, 1.807) is 0 Å². The molecular weight excluding hydrogens is 324 g/mol. The van der Waals surface area contributed by atoms with E-state index in [2.05, 4.69) is 41.2 Å². The summed E-state index contributed by atoms with van der Waals surface area (Å²) in [6.45, 7) is 5.69. The molecule has 0 saturated carbocycles. The van der Waals surface area contributed by atoms with Crippen LogP contribution in [-0.2, 0) is 17.9 Å². The number of amides is 1. The highest BCUT2D eigenvalue weighted by molar-refractivity contribution is 5.77. The maximum absolute atomic E-state index is 12.4. The van der Waals surface area contributed by atoms with Gasteiger partial charge in [-0.25, -0.2) is 0 Å². The second-order valence-corrected chi connectivity index (χ2v) is 7.40. The predicted molar refractivity (Wildman–Crippen MR) is 104 cm³/mol. The summed E-state index contributed by atoms with van der Waals surface area (Å²) in [4.78, 5) is 16.7. The number of piperidine rings is 1. The number of hydrogen-bond donors (Lipinski definition) is 1. The summed E-state index contributed by atoms with van der Waals surface area (Å²) in [7, 11) is 2.17. The average molecular weight is 354 g/mol. The van der Waals surface area contributed by atoms with Crippen LogP contribution in [0.4, 0.5) is 0 Å². The van der Waals surface area contributed by atoms with Gasteiger partial charge in [-0.1, -0.05) is 43.7 Å². The van der Waals surface area contributed by atoms with Crippen LogP contribution in [0.15, 0.2) is 36.5 Å². The number of aromatic amines is 1. The summed E-state index contributed by atoms with van der Waals surface area (Å²) in [5, 5.41) is 7.53. The number of H-pyrrole nitrogens is 1. The van der Waals surface area contributed by atoms with Gasteiger partial charge in [-0.15, -0.1) is 0 Å². The Kier molecular flexibility index (Phi) is 6.45. The minimum absolute atomic E-state index is 0.256. The molecule has 2 heterocycles. The lowest BCUT2D eigenvalue weighted by atomic mass is 9.91. The lowest BCUT2D eigenvalue weighted by Gasteiger charge is -2.33. The SMILES string of the molecule is CCCCN(C)Cc1cn[nH]c1C1CCC(=O)N(Cc2ccccc2)C1. The summed E-state index contributed by atoms with van der Waals surface area (Å²) < 4.78 is 0. The van der Waals surface area contributed by atoms with Crippen LogP contribution in [0.3, 0.4) is 0 Å². The Labute approximate surface area is 156 Å². The molecule has 0 spiro atoms. The summed E-state index contributed by atoms with van der Waals surface area (Å²) in [6, 6.07) is 10.2. The van der Waals surface area contributed by atoms with Gasteiger partial charge in [-0.2, -0.15) is 5.10 Å². The van der Waals surface area contributed by atoms with Crippen LogP contribution in [0.1, 0.15) is 55.3 Å². The van der Waals surface area contributed by atoms with Crippen LogP contribution >= 0.6 is 0 Å². The minimum Gasteiger partial charge on any atom is -0.338 e. The van der Waals surface area contributed by atoms with Crippen molar-refractivity contribution in [1.82, 2.24) is 20.0 Å². The predicted octanol–water partition coefficient (Wildman–Crippen LogP) is 3.55. The molecule has 1 saturated heterocycles. The Hall–Kier alpha value is -2.14. The van der Waals surface area contributed by atoms with Gasteiger partial charge in [-0.05, 0) is 32.0 Å². The van der Waals surface area contributed by atoms with Gasteiger partial charge in [0.05, 0.1) is 6.20 Å². The second-order valence-electron chi connectivity index (χ2n) is 7.40. The van der Waals surface area contributed by atoms with Gasteiger partial charge >= 0.3 is 0 Å². The van der Waals surface area contributed by atoms with Crippen LogP contribution in [0.25, 0.3) is 0 Å². The Morgan fingerprint density at radius 2 is 2.12 bits per heavy atom. The van der Waals surface area contributed by atoms with Crippen molar-refractivity contribution in [1.29, 1.82) is 0 Å². The van der Waals surface area contributed by atoms with Crippen LogP contribution in [0, 0.1) is 0 Å². The van der Waals surface area contributed by atoms with Crippen molar-refractivity contribution in [2.45, 2.75) is 51.6 Å². The molecule has 140 valence electrons.